The molecule has 1 fully saturated rings. The van der Waals surface area contributed by atoms with Gasteiger partial charge in [0.05, 0.1) is 20.1 Å². The molecular formula is C18H16F2N2O2S2. The number of hydrogen-bond acceptors (Lipinski definition) is 4. The summed E-state index contributed by atoms with van der Waals surface area (Å²) in [4.78, 5) is 4.28. The lowest BCUT2D eigenvalue weighted by atomic mass is 10.0. The van der Waals surface area contributed by atoms with Gasteiger partial charge in [-0.15, -0.1) is 11.3 Å². The highest BCUT2D eigenvalue weighted by Crippen LogP contribution is 2.34. The van der Waals surface area contributed by atoms with E-state index in [-0.39, 0.29) is 17.4 Å². The highest BCUT2D eigenvalue weighted by molar-refractivity contribution is 7.89. The fraction of sp³-hybridized carbons (Fsp3) is 0.278. The van der Waals surface area contributed by atoms with Gasteiger partial charge in [-0.25, -0.2) is 22.2 Å². The maximum atomic E-state index is 13.5. The van der Waals surface area contributed by atoms with E-state index in [1.807, 2.05) is 24.3 Å². The van der Waals surface area contributed by atoms with E-state index in [0.29, 0.717) is 19.0 Å². The Morgan fingerprint density at radius 3 is 2.58 bits per heavy atom. The topological polar surface area (TPSA) is 50.3 Å². The molecule has 0 unspecified atom stereocenters. The highest BCUT2D eigenvalue weighted by atomic mass is 32.2. The Bertz CT molecular complexity index is 1010. The van der Waals surface area contributed by atoms with Crippen LogP contribution in [0, 0.1) is 11.6 Å². The SMILES string of the molecule is O=S(=O)(c1cc(F)cc(F)c1)N1CCC[C@H](c2nc3ccccc3s2)C1. The smallest absolute Gasteiger partial charge is 0.241 e. The van der Waals surface area contributed by atoms with Gasteiger partial charge >= 0.3 is 0 Å². The van der Waals surface area contributed by atoms with Gasteiger partial charge in [-0.3, -0.25) is 0 Å². The predicted molar refractivity (Wildman–Crippen MR) is 96.7 cm³/mol. The average Bonchev–Trinajstić information content (AvgIpc) is 3.05. The Labute approximate surface area is 154 Å². The molecule has 0 aliphatic carbocycles. The van der Waals surface area contributed by atoms with E-state index in [1.54, 1.807) is 11.3 Å². The molecule has 8 heteroatoms. The van der Waals surface area contributed by atoms with E-state index >= 15 is 0 Å². The third-order valence-corrected chi connectivity index (χ3v) is 7.56. The summed E-state index contributed by atoms with van der Waals surface area (Å²) >= 11 is 1.56. The first-order chi connectivity index (χ1) is 12.4. The molecule has 0 amide bonds. The normalized spacial score (nSPS) is 19.1. The molecule has 1 aromatic heterocycles. The number of thiazole rings is 1. The lowest BCUT2D eigenvalue weighted by molar-refractivity contribution is 0.315. The summed E-state index contributed by atoms with van der Waals surface area (Å²) in [6.07, 6.45) is 1.51. The molecule has 1 saturated heterocycles. The second-order valence-electron chi connectivity index (χ2n) is 6.33. The molecule has 0 radical (unpaired) electrons. The van der Waals surface area contributed by atoms with E-state index in [2.05, 4.69) is 4.98 Å². The van der Waals surface area contributed by atoms with Crippen molar-refractivity contribution in [1.82, 2.24) is 9.29 Å². The van der Waals surface area contributed by atoms with Gasteiger partial charge in [0.15, 0.2) is 0 Å². The van der Waals surface area contributed by atoms with Gasteiger partial charge < -0.3 is 0 Å². The monoisotopic (exact) mass is 394 g/mol. The van der Waals surface area contributed by atoms with Crippen LogP contribution >= 0.6 is 11.3 Å². The maximum Gasteiger partial charge on any atom is 0.243 e. The summed E-state index contributed by atoms with van der Waals surface area (Å²) in [5.41, 5.74) is 0.902. The third kappa shape index (κ3) is 3.24. The standard InChI is InChI=1S/C18H16F2N2O2S2/c19-13-8-14(20)10-15(9-13)26(23,24)22-7-3-4-12(11-22)18-21-16-5-1-2-6-17(16)25-18/h1-2,5-6,8-10,12H,3-4,7,11H2/t12-/m0/s1. The summed E-state index contributed by atoms with van der Waals surface area (Å²) in [5.74, 6) is -1.82. The number of fused-ring (bicyclic) bond motifs is 1. The third-order valence-electron chi connectivity index (χ3n) is 4.52. The van der Waals surface area contributed by atoms with Gasteiger partial charge in [-0.2, -0.15) is 4.31 Å². The first-order valence-corrected chi connectivity index (χ1v) is 10.5. The van der Waals surface area contributed by atoms with Gasteiger partial charge in [0.25, 0.3) is 0 Å². The number of halogens is 2. The van der Waals surface area contributed by atoms with E-state index < -0.39 is 21.7 Å². The second kappa shape index (κ2) is 6.68. The molecule has 0 spiro atoms. The first kappa shape index (κ1) is 17.5. The van der Waals surface area contributed by atoms with Crippen molar-refractivity contribution >= 4 is 31.6 Å². The molecule has 3 aromatic rings. The number of para-hydroxylation sites is 1. The molecule has 2 heterocycles. The highest BCUT2D eigenvalue weighted by Gasteiger charge is 2.32. The van der Waals surface area contributed by atoms with Crippen molar-refractivity contribution in [3.05, 3.63) is 59.1 Å². The Morgan fingerprint density at radius 2 is 1.85 bits per heavy atom. The minimum atomic E-state index is -3.95. The second-order valence-corrected chi connectivity index (χ2v) is 9.33. The first-order valence-electron chi connectivity index (χ1n) is 8.25. The van der Waals surface area contributed by atoms with Gasteiger partial charge in [0, 0.05) is 25.1 Å². The average molecular weight is 394 g/mol. The Hall–Kier alpha value is -1.90. The van der Waals surface area contributed by atoms with Crippen LogP contribution in [0.5, 0.6) is 0 Å². The lowest BCUT2D eigenvalue weighted by Gasteiger charge is -2.31. The minimum absolute atomic E-state index is 0.0191. The van der Waals surface area contributed by atoms with Crippen LogP contribution in [0.15, 0.2) is 47.4 Å². The quantitative estimate of drug-likeness (QED) is 0.671. The van der Waals surface area contributed by atoms with E-state index in [1.165, 1.54) is 4.31 Å². The zero-order chi connectivity index (χ0) is 18.3. The van der Waals surface area contributed by atoms with E-state index in [4.69, 9.17) is 0 Å². The van der Waals surface area contributed by atoms with Crippen LogP contribution in [0.3, 0.4) is 0 Å². The van der Waals surface area contributed by atoms with Crippen LogP contribution in [0.1, 0.15) is 23.8 Å². The van der Waals surface area contributed by atoms with Crippen molar-refractivity contribution in [3.63, 3.8) is 0 Å². The van der Waals surface area contributed by atoms with Crippen molar-refractivity contribution in [2.24, 2.45) is 0 Å². The van der Waals surface area contributed by atoms with Gasteiger partial charge in [0.2, 0.25) is 10.0 Å². The van der Waals surface area contributed by atoms with Crippen LogP contribution in [-0.2, 0) is 10.0 Å². The molecule has 1 aliphatic heterocycles. The van der Waals surface area contributed by atoms with Crippen LogP contribution in [-0.4, -0.2) is 30.8 Å². The number of benzene rings is 2. The minimum Gasteiger partial charge on any atom is -0.241 e. The molecular weight excluding hydrogens is 378 g/mol. The molecule has 136 valence electrons. The zero-order valence-electron chi connectivity index (χ0n) is 13.7. The van der Waals surface area contributed by atoms with Crippen molar-refractivity contribution in [3.8, 4) is 0 Å². The van der Waals surface area contributed by atoms with Crippen LogP contribution in [0.4, 0.5) is 8.78 Å². The van der Waals surface area contributed by atoms with Crippen molar-refractivity contribution in [2.75, 3.05) is 13.1 Å². The Morgan fingerprint density at radius 1 is 1.12 bits per heavy atom. The van der Waals surface area contributed by atoms with Crippen molar-refractivity contribution in [2.45, 2.75) is 23.7 Å². The Balaban J connectivity index is 1.63. The summed E-state index contributed by atoms with van der Waals surface area (Å²) in [6, 6.07) is 10.2. The van der Waals surface area contributed by atoms with Crippen molar-refractivity contribution in [1.29, 1.82) is 0 Å². The van der Waals surface area contributed by atoms with Gasteiger partial charge in [0.1, 0.15) is 11.6 Å². The molecule has 4 nitrogen and oxygen atoms in total. The molecule has 0 N–H and O–H groups in total. The Kier molecular flexibility index (Phi) is 4.50. The van der Waals surface area contributed by atoms with Crippen LogP contribution in [0.25, 0.3) is 10.2 Å². The fourth-order valence-electron chi connectivity index (χ4n) is 3.25. The summed E-state index contributed by atoms with van der Waals surface area (Å²) in [5, 5.41) is 0.900. The maximum absolute atomic E-state index is 13.5. The fourth-order valence-corrected chi connectivity index (χ4v) is 5.91. The summed E-state index contributed by atoms with van der Waals surface area (Å²) in [6.45, 7) is 0.599. The molecule has 4 rings (SSSR count). The predicted octanol–water partition coefficient (Wildman–Crippen LogP) is 4.14. The number of nitrogens with zero attached hydrogens (tertiary/aromatic N) is 2. The zero-order valence-corrected chi connectivity index (χ0v) is 15.4. The van der Waals surface area contributed by atoms with Gasteiger partial charge in [-0.05, 0) is 37.1 Å². The van der Waals surface area contributed by atoms with Crippen LogP contribution in [0.2, 0.25) is 0 Å². The van der Waals surface area contributed by atoms with Crippen LogP contribution < -0.4 is 0 Å². The summed E-state index contributed by atoms with van der Waals surface area (Å²) in [7, 11) is -3.95. The number of rotatable bonds is 3. The van der Waals surface area contributed by atoms with E-state index in [9.17, 15) is 17.2 Å². The molecule has 26 heavy (non-hydrogen) atoms. The molecule has 1 atom stereocenters. The lowest BCUT2D eigenvalue weighted by Crippen LogP contribution is -2.39. The number of piperidine rings is 1. The number of sulfonamides is 1. The molecule has 2 aromatic carbocycles. The number of hydrogen-bond donors (Lipinski definition) is 0. The summed E-state index contributed by atoms with van der Waals surface area (Å²) < 4.78 is 54.9. The largest absolute Gasteiger partial charge is 0.243 e. The molecule has 0 bridgehead atoms. The van der Waals surface area contributed by atoms with Gasteiger partial charge in [-0.1, -0.05) is 12.1 Å². The number of aromatic nitrogens is 1. The van der Waals surface area contributed by atoms with E-state index in [0.717, 1.165) is 33.8 Å². The van der Waals surface area contributed by atoms with Crippen molar-refractivity contribution < 1.29 is 17.2 Å². The molecule has 0 saturated carbocycles. The molecule has 1 aliphatic rings.